The minimum atomic E-state index is -0.154. The van der Waals surface area contributed by atoms with Gasteiger partial charge in [-0.25, -0.2) is 5.16 Å². The molecule has 0 fully saturated rings. The van der Waals surface area contributed by atoms with Crippen molar-refractivity contribution >= 4 is 18.1 Å². The number of nitrogens with zero attached hydrogens (tertiary/aromatic N) is 1. The van der Waals surface area contributed by atoms with Crippen molar-refractivity contribution in [3.63, 3.8) is 0 Å². The van der Waals surface area contributed by atoms with E-state index in [0.717, 1.165) is 5.56 Å². The summed E-state index contributed by atoms with van der Waals surface area (Å²) in [6.45, 7) is 0.516. The zero-order chi connectivity index (χ0) is 13.7. The second-order valence-electron chi connectivity index (χ2n) is 3.97. The Morgan fingerprint density at radius 2 is 2.16 bits per heavy atom. The van der Waals surface area contributed by atoms with Gasteiger partial charge in [-0.05, 0) is 36.3 Å². The molecular formula is C12H13N3O3S. The van der Waals surface area contributed by atoms with Gasteiger partial charge in [-0.3, -0.25) is 4.79 Å². The van der Waals surface area contributed by atoms with Crippen LogP contribution in [0.5, 0.6) is 5.75 Å². The van der Waals surface area contributed by atoms with Crippen LogP contribution in [0.2, 0.25) is 0 Å². The quantitative estimate of drug-likeness (QED) is 0.718. The molecule has 100 valence electrons. The smallest absolute Gasteiger partial charge is 0.314 e. The summed E-state index contributed by atoms with van der Waals surface area (Å²) in [4.78, 5) is 15.5. The largest absolute Gasteiger partial charge is 0.508 e. The Bertz CT molecular complexity index is 603. The molecule has 19 heavy (non-hydrogen) atoms. The van der Waals surface area contributed by atoms with E-state index in [1.165, 1.54) is 0 Å². The lowest BCUT2D eigenvalue weighted by Crippen LogP contribution is -2.27. The number of aromatic amines is 1. The standard InChI is InChI=1S/C12H13N3O3S/c16-9-3-1-8(2-4-9)5-6-13-11(17)7-10-14-12(19)18-15-10/h1-4,16H,5-7H2,(H,13,17)(H,14,15,19). The van der Waals surface area contributed by atoms with Crippen molar-refractivity contribution in [2.45, 2.75) is 12.8 Å². The number of carbonyl (C=O) groups excluding carboxylic acids is 1. The zero-order valence-electron chi connectivity index (χ0n) is 10.0. The molecule has 1 heterocycles. The van der Waals surface area contributed by atoms with Crippen molar-refractivity contribution in [2.24, 2.45) is 0 Å². The van der Waals surface area contributed by atoms with Crippen molar-refractivity contribution in [1.82, 2.24) is 15.5 Å². The van der Waals surface area contributed by atoms with Gasteiger partial charge in [0.05, 0.1) is 6.42 Å². The highest BCUT2D eigenvalue weighted by Crippen LogP contribution is 2.09. The third-order valence-corrected chi connectivity index (χ3v) is 2.66. The molecule has 0 aliphatic rings. The van der Waals surface area contributed by atoms with E-state index in [4.69, 9.17) is 9.63 Å². The van der Waals surface area contributed by atoms with E-state index >= 15 is 0 Å². The van der Waals surface area contributed by atoms with Gasteiger partial charge in [-0.2, -0.15) is 4.98 Å². The molecule has 2 rings (SSSR count). The molecule has 0 unspecified atom stereocenters. The summed E-state index contributed by atoms with van der Waals surface area (Å²) in [7, 11) is 0. The molecule has 0 aliphatic carbocycles. The summed E-state index contributed by atoms with van der Waals surface area (Å²) in [6.07, 6.45) is 0.802. The molecule has 0 aliphatic heterocycles. The van der Waals surface area contributed by atoms with Crippen molar-refractivity contribution < 1.29 is 14.4 Å². The Labute approximate surface area is 114 Å². The van der Waals surface area contributed by atoms with Crippen LogP contribution in [0, 0.1) is 4.84 Å². The second kappa shape index (κ2) is 6.14. The number of amides is 1. The summed E-state index contributed by atoms with van der Waals surface area (Å²) in [5, 5.41) is 14.4. The number of phenolic OH excluding ortho intramolecular Hbond substituents is 1. The summed E-state index contributed by atoms with van der Waals surface area (Å²) in [5.41, 5.74) is 1.04. The number of aromatic nitrogens is 2. The zero-order valence-corrected chi connectivity index (χ0v) is 10.9. The Kier molecular flexibility index (Phi) is 4.30. The SMILES string of the molecule is O=C(Cc1nc(=S)o[nH]1)NCCc1ccc(O)cc1. The van der Waals surface area contributed by atoms with Crippen LogP contribution in [0.1, 0.15) is 11.4 Å². The van der Waals surface area contributed by atoms with Crippen LogP contribution < -0.4 is 5.32 Å². The summed E-state index contributed by atoms with van der Waals surface area (Å²) in [6, 6.07) is 6.87. The van der Waals surface area contributed by atoms with E-state index in [2.05, 4.69) is 27.7 Å². The van der Waals surface area contributed by atoms with Gasteiger partial charge in [-0.15, -0.1) is 0 Å². The van der Waals surface area contributed by atoms with Gasteiger partial charge in [0.2, 0.25) is 5.91 Å². The van der Waals surface area contributed by atoms with Gasteiger partial charge in [-0.1, -0.05) is 12.1 Å². The topological polar surface area (TPSA) is 91.2 Å². The van der Waals surface area contributed by atoms with E-state index in [0.29, 0.717) is 18.8 Å². The molecule has 0 saturated carbocycles. The first kappa shape index (κ1) is 13.3. The van der Waals surface area contributed by atoms with E-state index in [9.17, 15) is 4.79 Å². The van der Waals surface area contributed by atoms with Gasteiger partial charge >= 0.3 is 4.84 Å². The van der Waals surface area contributed by atoms with Crippen LogP contribution in [0.25, 0.3) is 0 Å². The third-order valence-electron chi connectivity index (χ3n) is 2.48. The molecular weight excluding hydrogens is 266 g/mol. The van der Waals surface area contributed by atoms with Crippen LogP contribution in [-0.2, 0) is 17.6 Å². The van der Waals surface area contributed by atoms with Gasteiger partial charge in [0.25, 0.3) is 0 Å². The van der Waals surface area contributed by atoms with E-state index in [-0.39, 0.29) is 22.9 Å². The fourth-order valence-corrected chi connectivity index (χ4v) is 1.71. The van der Waals surface area contributed by atoms with Crippen molar-refractivity contribution in [2.75, 3.05) is 6.54 Å². The first-order valence-electron chi connectivity index (χ1n) is 5.72. The average molecular weight is 279 g/mol. The van der Waals surface area contributed by atoms with E-state index in [1.54, 1.807) is 12.1 Å². The number of hydrogen-bond donors (Lipinski definition) is 3. The van der Waals surface area contributed by atoms with Gasteiger partial charge in [0.15, 0.2) is 5.82 Å². The molecule has 0 bridgehead atoms. The predicted octanol–water partition coefficient (Wildman–Crippen LogP) is 1.34. The maximum atomic E-state index is 11.6. The molecule has 7 heteroatoms. The molecule has 0 saturated heterocycles. The maximum absolute atomic E-state index is 11.6. The lowest BCUT2D eigenvalue weighted by atomic mass is 10.1. The fourth-order valence-electron chi connectivity index (χ4n) is 1.56. The number of H-pyrrole nitrogens is 1. The Morgan fingerprint density at radius 1 is 1.42 bits per heavy atom. The predicted molar refractivity (Wildman–Crippen MR) is 70.2 cm³/mol. The highest BCUT2D eigenvalue weighted by atomic mass is 32.1. The normalized spacial score (nSPS) is 10.3. The fraction of sp³-hybridized carbons (Fsp3) is 0.250. The van der Waals surface area contributed by atoms with Gasteiger partial charge < -0.3 is 14.9 Å². The molecule has 6 nitrogen and oxygen atoms in total. The number of hydrogen-bond acceptors (Lipinski definition) is 5. The van der Waals surface area contributed by atoms with E-state index < -0.39 is 0 Å². The van der Waals surface area contributed by atoms with Crippen molar-refractivity contribution in [3.8, 4) is 5.75 Å². The number of benzene rings is 1. The highest BCUT2D eigenvalue weighted by Gasteiger charge is 2.06. The average Bonchev–Trinajstić information content (AvgIpc) is 2.77. The first-order valence-corrected chi connectivity index (χ1v) is 6.13. The first-order chi connectivity index (χ1) is 9.13. The summed E-state index contributed by atoms with van der Waals surface area (Å²) in [5.74, 6) is 0.486. The third kappa shape index (κ3) is 4.22. The minimum absolute atomic E-state index is 0.0897. The molecule has 1 aromatic heterocycles. The van der Waals surface area contributed by atoms with E-state index in [1.807, 2.05) is 12.1 Å². The summed E-state index contributed by atoms with van der Waals surface area (Å²) >= 11 is 4.69. The van der Waals surface area contributed by atoms with Crippen molar-refractivity contribution in [3.05, 3.63) is 40.5 Å². The molecule has 1 amide bonds. The molecule has 0 radical (unpaired) electrons. The Balaban J connectivity index is 1.75. The number of phenols is 1. The van der Waals surface area contributed by atoms with Crippen LogP contribution in [0.3, 0.4) is 0 Å². The van der Waals surface area contributed by atoms with Crippen LogP contribution in [0.4, 0.5) is 0 Å². The van der Waals surface area contributed by atoms with Gasteiger partial charge in [0, 0.05) is 6.54 Å². The molecule has 0 spiro atoms. The molecule has 3 N–H and O–H groups in total. The van der Waals surface area contributed by atoms with Crippen molar-refractivity contribution in [1.29, 1.82) is 0 Å². The monoisotopic (exact) mass is 279 g/mol. The lowest BCUT2D eigenvalue weighted by Gasteiger charge is -2.04. The summed E-state index contributed by atoms with van der Waals surface area (Å²) < 4.78 is 4.73. The maximum Gasteiger partial charge on any atom is 0.314 e. The number of nitrogens with one attached hydrogen (secondary N) is 2. The Hall–Kier alpha value is -2.15. The van der Waals surface area contributed by atoms with Crippen LogP contribution in [-0.4, -0.2) is 27.7 Å². The van der Waals surface area contributed by atoms with Crippen LogP contribution >= 0.6 is 12.2 Å². The highest BCUT2D eigenvalue weighted by molar-refractivity contribution is 7.71. The van der Waals surface area contributed by atoms with Crippen LogP contribution in [0.15, 0.2) is 28.8 Å². The second-order valence-corrected chi connectivity index (χ2v) is 4.32. The number of rotatable bonds is 5. The lowest BCUT2D eigenvalue weighted by molar-refractivity contribution is -0.120. The van der Waals surface area contributed by atoms with Gasteiger partial charge in [0.1, 0.15) is 5.75 Å². The molecule has 0 atom stereocenters. The number of aromatic hydroxyl groups is 1. The minimum Gasteiger partial charge on any atom is -0.508 e. The Morgan fingerprint density at radius 3 is 2.79 bits per heavy atom. The number of carbonyl (C=O) groups is 1. The molecule has 1 aromatic carbocycles. The molecule has 2 aromatic rings.